The fourth-order valence-electron chi connectivity index (χ4n) is 3.44. The van der Waals surface area contributed by atoms with Crippen LogP contribution in [0, 0.1) is 5.92 Å². The van der Waals surface area contributed by atoms with Crippen molar-refractivity contribution in [3.05, 3.63) is 47.7 Å². The van der Waals surface area contributed by atoms with Crippen LogP contribution in [-0.2, 0) is 13.0 Å². The summed E-state index contributed by atoms with van der Waals surface area (Å²) in [6.45, 7) is 2.75. The number of aliphatic hydroxyl groups excluding tert-OH is 1. The summed E-state index contributed by atoms with van der Waals surface area (Å²) in [7, 11) is 0. The molecule has 5 nitrogen and oxygen atoms in total. The molecule has 0 saturated carbocycles. The van der Waals surface area contributed by atoms with Crippen LogP contribution in [0.15, 0.2) is 36.5 Å². The Bertz CT molecular complexity index is 639. The first-order valence-corrected chi connectivity index (χ1v) is 7.56. The van der Waals surface area contributed by atoms with E-state index in [9.17, 15) is 5.11 Å². The van der Waals surface area contributed by atoms with Crippen LogP contribution in [0.3, 0.4) is 0 Å². The van der Waals surface area contributed by atoms with Crippen molar-refractivity contribution in [2.45, 2.75) is 25.1 Å². The Balaban J connectivity index is 1.42. The van der Waals surface area contributed by atoms with E-state index in [0.717, 1.165) is 31.9 Å². The molecule has 0 spiro atoms. The first-order chi connectivity index (χ1) is 10.3. The Labute approximate surface area is 124 Å². The van der Waals surface area contributed by atoms with Crippen molar-refractivity contribution in [1.29, 1.82) is 0 Å². The lowest BCUT2D eigenvalue weighted by Gasteiger charge is -2.27. The quantitative estimate of drug-likeness (QED) is 0.792. The molecule has 2 aliphatic rings. The molecule has 21 heavy (non-hydrogen) atoms. The number of fused-ring (bicyclic) bond motifs is 2. The molecule has 0 fully saturated rings. The molecule has 1 aromatic carbocycles. The highest BCUT2D eigenvalue weighted by atomic mass is 16.3. The summed E-state index contributed by atoms with van der Waals surface area (Å²) in [6, 6.07) is 10.4. The molecule has 0 radical (unpaired) electrons. The fraction of sp³-hybridized carbons (Fsp3) is 0.438. The van der Waals surface area contributed by atoms with E-state index in [1.165, 1.54) is 11.1 Å². The fourth-order valence-corrected chi connectivity index (χ4v) is 3.44. The monoisotopic (exact) mass is 284 g/mol. The molecule has 2 heterocycles. The summed E-state index contributed by atoms with van der Waals surface area (Å²) in [5.74, 6) is 1.58. The summed E-state index contributed by atoms with van der Waals surface area (Å²) >= 11 is 0. The van der Waals surface area contributed by atoms with E-state index in [1.54, 1.807) is 0 Å². The highest BCUT2D eigenvalue weighted by Crippen LogP contribution is 2.31. The molecular formula is C16H20N4O. The summed E-state index contributed by atoms with van der Waals surface area (Å²) < 4.78 is 2.01. The lowest BCUT2D eigenvalue weighted by molar-refractivity contribution is 0.138. The number of aromatic nitrogens is 2. The zero-order chi connectivity index (χ0) is 14.2. The second-order valence-corrected chi connectivity index (χ2v) is 6.00. The van der Waals surface area contributed by atoms with Crippen molar-refractivity contribution in [2.75, 3.05) is 18.4 Å². The number of nitrogens with zero attached hydrogens (tertiary/aromatic N) is 2. The molecule has 0 bridgehead atoms. The molecule has 3 atom stereocenters. The zero-order valence-corrected chi connectivity index (χ0v) is 11.9. The minimum Gasteiger partial charge on any atom is -0.391 e. The third-order valence-electron chi connectivity index (χ3n) is 4.55. The van der Waals surface area contributed by atoms with E-state index in [2.05, 4.69) is 27.9 Å². The molecule has 1 unspecified atom stereocenters. The van der Waals surface area contributed by atoms with E-state index in [-0.39, 0.29) is 12.1 Å². The smallest absolute Gasteiger partial charge is 0.124 e. The maximum atomic E-state index is 10.3. The van der Waals surface area contributed by atoms with Crippen LogP contribution in [0.5, 0.6) is 0 Å². The van der Waals surface area contributed by atoms with E-state index in [1.807, 2.05) is 29.1 Å². The maximum Gasteiger partial charge on any atom is 0.124 e. The highest BCUT2D eigenvalue weighted by molar-refractivity contribution is 5.37. The van der Waals surface area contributed by atoms with Gasteiger partial charge in [-0.05, 0) is 11.1 Å². The Morgan fingerprint density at radius 2 is 2.24 bits per heavy atom. The number of anilines is 1. The van der Waals surface area contributed by atoms with Gasteiger partial charge in [-0.2, -0.15) is 5.10 Å². The molecule has 5 heteroatoms. The minimum absolute atomic E-state index is 0.0558. The molecule has 0 amide bonds. The Kier molecular flexibility index (Phi) is 3.16. The lowest BCUT2D eigenvalue weighted by Crippen LogP contribution is -2.38. The Morgan fingerprint density at radius 1 is 1.33 bits per heavy atom. The molecule has 2 aromatic rings. The predicted octanol–water partition coefficient (Wildman–Crippen LogP) is 1.17. The largest absolute Gasteiger partial charge is 0.391 e. The predicted molar refractivity (Wildman–Crippen MR) is 81.1 cm³/mol. The van der Waals surface area contributed by atoms with E-state index in [0.29, 0.717) is 5.92 Å². The maximum absolute atomic E-state index is 10.3. The average Bonchev–Trinajstić information content (AvgIpc) is 3.08. The van der Waals surface area contributed by atoms with E-state index in [4.69, 9.17) is 0 Å². The number of aliphatic hydroxyl groups is 1. The van der Waals surface area contributed by atoms with Crippen molar-refractivity contribution in [1.82, 2.24) is 15.1 Å². The van der Waals surface area contributed by atoms with Gasteiger partial charge in [0.1, 0.15) is 5.82 Å². The molecule has 3 N–H and O–H groups in total. The van der Waals surface area contributed by atoms with Gasteiger partial charge in [0, 0.05) is 38.0 Å². The minimum atomic E-state index is -0.320. The van der Waals surface area contributed by atoms with Crippen LogP contribution in [0.1, 0.15) is 17.2 Å². The Hall–Kier alpha value is -1.85. The third-order valence-corrected chi connectivity index (χ3v) is 4.55. The van der Waals surface area contributed by atoms with Crippen molar-refractivity contribution in [2.24, 2.45) is 5.92 Å². The van der Waals surface area contributed by atoms with Gasteiger partial charge >= 0.3 is 0 Å². The summed E-state index contributed by atoms with van der Waals surface area (Å²) in [6.07, 6.45) is 2.26. The second-order valence-electron chi connectivity index (χ2n) is 6.00. The standard InChI is InChI=1S/C16H20N4O/c21-14-7-12-3-1-2-4-13(12)16(14)18-9-11-8-17-15-5-6-19-20(15)10-11/h1-6,11,14,16-18,21H,7-10H2/t11?,14-,16+/m0/s1. The van der Waals surface area contributed by atoms with Crippen LogP contribution in [0.2, 0.25) is 0 Å². The first kappa shape index (κ1) is 12.9. The van der Waals surface area contributed by atoms with Gasteiger partial charge < -0.3 is 15.7 Å². The van der Waals surface area contributed by atoms with Gasteiger partial charge in [-0.3, -0.25) is 0 Å². The molecule has 0 saturated heterocycles. The highest BCUT2D eigenvalue weighted by Gasteiger charge is 2.31. The molecule has 110 valence electrons. The first-order valence-electron chi connectivity index (χ1n) is 7.56. The van der Waals surface area contributed by atoms with Crippen LogP contribution in [0.25, 0.3) is 0 Å². The van der Waals surface area contributed by atoms with Crippen LogP contribution >= 0.6 is 0 Å². The average molecular weight is 284 g/mol. The molecule has 1 aliphatic carbocycles. The van der Waals surface area contributed by atoms with Gasteiger partial charge in [0.2, 0.25) is 0 Å². The third kappa shape index (κ3) is 2.32. The van der Waals surface area contributed by atoms with Gasteiger partial charge in [0.05, 0.1) is 18.3 Å². The zero-order valence-electron chi connectivity index (χ0n) is 11.9. The molecule has 1 aliphatic heterocycles. The number of hydrogen-bond acceptors (Lipinski definition) is 4. The van der Waals surface area contributed by atoms with Gasteiger partial charge in [-0.25, -0.2) is 4.68 Å². The molecule has 1 aromatic heterocycles. The normalized spacial score (nSPS) is 27.0. The van der Waals surface area contributed by atoms with Gasteiger partial charge in [0.15, 0.2) is 0 Å². The number of benzene rings is 1. The second kappa shape index (κ2) is 5.16. The van der Waals surface area contributed by atoms with Crippen LogP contribution in [-0.4, -0.2) is 34.1 Å². The summed E-state index contributed by atoms with van der Waals surface area (Å²) in [5, 5.41) is 21.5. The van der Waals surface area contributed by atoms with Gasteiger partial charge in [0.25, 0.3) is 0 Å². The van der Waals surface area contributed by atoms with Crippen LogP contribution in [0.4, 0.5) is 5.82 Å². The summed E-state index contributed by atoms with van der Waals surface area (Å²) in [4.78, 5) is 0. The van der Waals surface area contributed by atoms with Crippen molar-refractivity contribution in [3.63, 3.8) is 0 Å². The van der Waals surface area contributed by atoms with Gasteiger partial charge in [-0.1, -0.05) is 24.3 Å². The van der Waals surface area contributed by atoms with E-state index < -0.39 is 0 Å². The van der Waals surface area contributed by atoms with Crippen molar-refractivity contribution >= 4 is 5.82 Å². The van der Waals surface area contributed by atoms with Gasteiger partial charge in [-0.15, -0.1) is 0 Å². The SMILES string of the molecule is O[C@H]1Cc2ccccc2[C@H]1NCC1CNc2ccnn2C1. The van der Waals surface area contributed by atoms with E-state index >= 15 is 0 Å². The Morgan fingerprint density at radius 3 is 3.19 bits per heavy atom. The number of nitrogens with one attached hydrogen (secondary N) is 2. The molecule has 4 rings (SSSR count). The van der Waals surface area contributed by atoms with Crippen molar-refractivity contribution in [3.8, 4) is 0 Å². The van der Waals surface area contributed by atoms with Crippen LogP contribution < -0.4 is 10.6 Å². The summed E-state index contributed by atoms with van der Waals surface area (Å²) in [5.41, 5.74) is 2.51. The lowest BCUT2D eigenvalue weighted by atomic mass is 10.0. The number of rotatable bonds is 3. The number of hydrogen-bond donors (Lipinski definition) is 3. The molecular weight excluding hydrogens is 264 g/mol. The topological polar surface area (TPSA) is 62.1 Å². The van der Waals surface area contributed by atoms with Crippen molar-refractivity contribution < 1.29 is 5.11 Å².